The molecule has 0 saturated heterocycles. The summed E-state index contributed by atoms with van der Waals surface area (Å²) in [6.45, 7) is -0.0846. The quantitative estimate of drug-likeness (QED) is 0.139. The maximum absolute atomic E-state index is 12.0. The van der Waals surface area contributed by atoms with Gasteiger partial charge in [0.05, 0.1) is 29.3 Å². The normalized spacial score (nSPS) is 11.9. The topological polar surface area (TPSA) is 112 Å². The molecule has 7 aromatic rings. The van der Waals surface area contributed by atoms with E-state index in [0.717, 1.165) is 89.4 Å². The smallest absolute Gasteiger partial charge is 0.238 e. The molecule has 8 bridgehead atoms. The Balaban J connectivity index is 1.42. The molecule has 0 fully saturated rings. The lowest BCUT2D eigenvalue weighted by Gasteiger charge is -2.08. The predicted molar refractivity (Wildman–Crippen MR) is 218 cm³/mol. The van der Waals surface area contributed by atoms with Gasteiger partial charge in [-0.2, -0.15) is 0 Å². The third-order valence-corrected chi connectivity index (χ3v) is 9.58. The van der Waals surface area contributed by atoms with Crippen molar-refractivity contribution in [3.05, 3.63) is 162 Å². The fraction of sp³-hybridized carbons (Fsp3) is 0.0217. The van der Waals surface area contributed by atoms with Crippen LogP contribution in [0.5, 0.6) is 0 Å². The summed E-state index contributed by atoms with van der Waals surface area (Å²) in [5.74, 6) is -0.246. The number of nitrogens with one attached hydrogen (secondary N) is 3. The fourth-order valence-electron chi connectivity index (χ4n) is 7.17. The Morgan fingerprint density at radius 2 is 0.774 bits per heavy atom. The first-order valence-corrected chi connectivity index (χ1v) is 17.6. The minimum absolute atomic E-state index is 0.0846. The number of benzene rings is 4. The SMILES string of the molecule is NCC(=O)Nc1ccc(-c2c3nc(c(-c4ccccc4)c4ccc([nH]4)c(-c4ccccc4)c4nc(c(-c5ccccc5)c5ccc2[nH]5)C=C4)C=C3)cc1. The van der Waals surface area contributed by atoms with Gasteiger partial charge in [0.25, 0.3) is 0 Å². The number of carbonyl (C=O) groups excluding carboxylic acids is 1. The van der Waals surface area contributed by atoms with Crippen LogP contribution in [0.3, 0.4) is 0 Å². The van der Waals surface area contributed by atoms with Gasteiger partial charge in [0.2, 0.25) is 5.91 Å². The number of aromatic amines is 2. The highest BCUT2D eigenvalue weighted by molar-refractivity contribution is 6.00. The Morgan fingerprint density at radius 3 is 1.09 bits per heavy atom. The summed E-state index contributed by atoms with van der Waals surface area (Å²) in [5, 5.41) is 2.85. The summed E-state index contributed by atoms with van der Waals surface area (Å²) in [5.41, 5.74) is 21.4. The van der Waals surface area contributed by atoms with Gasteiger partial charge < -0.3 is 21.0 Å². The van der Waals surface area contributed by atoms with E-state index in [1.807, 2.05) is 42.5 Å². The number of fused-ring (bicyclic) bond motifs is 8. The van der Waals surface area contributed by atoms with Crippen molar-refractivity contribution in [2.75, 3.05) is 11.9 Å². The van der Waals surface area contributed by atoms with E-state index in [1.54, 1.807) is 0 Å². The zero-order valence-electron chi connectivity index (χ0n) is 28.7. The summed E-state index contributed by atoms with van der Waals surface area (Å²) >= 11 is 0. The monoisotopic (exact) mass is 686 g/mol. The number of amides is 1. The molecule has 254 valence electrons. The minimum Gasteiger partial charge on any atom is -0.354 e. The summed E-state index contributed by atoms with van der Waals surface area (Å²) in [6, 6.07) is 47.4. The number of carbonyl (C=O) groups is 1. The van der Waals surface area contributed by atoms with E-state index in [4.69, 9.17) is 15.7 Å². The zero-order valence-corrected chi connectivity index (χ0v) is 28.7. The van der Waals surface area contributed by atoms with Crippen LogP contribution < -0.4 is 11.1 Å². The van der Waals surface area contributed by atoms with E-state index >= 15 is 0 Å². The van der Waals surface area contributed by atoms with Crippen LogP contribution in [-0.4, -0.2) is 32.4 Å². The van der Waals surface area contributed by atoms with Gasteiger partial charge in [0, 0.05) is 50.0 Å². The highest BCUT2D eigenvalue weighted by Gasteiger charge is 2.19. The Labute approximate surface area is 306 Å². The van der Waals surface area contributed by atoms with Crippen LogP contribution in [0.2, 0.25) is 0 Å². The first-order valence-electron chi connectivity index (χ1n) is 17.6. The standard InChI is InChI=1S/C46H34N6O/c47-28-42(53)48-33-18-16-32(17-19-33)46-40-26-24-38(51-40)44(30-12-6-2-7-13-30)36-22-20-34(49-36)43(29-10-4-1-5-11-29)35-21-23-37(50-35)45(31-14-8-3-9-15-31)39-25-27-41(46)52-39/h1-27,49,52H,28,47H2,(H,48,53). The molecule has 0 radical (unpaired) electrons. The number of hydrogen-bond donors (Lipinski definition) is 4. The number of aromatic nitrogens is 4. The number of hydrogen-bond acceptors (Lipinski definition) is 4. The molecule has 0 unspecified atom stereocenters. The molecule has 4 aromatic carbocycles. The van der Waals surface area contributed by atoms with Crippen molar-refractivity contribution < 1.29 is 4.79 Å². The maximum Gasteiger partial charge on any atom is 0.238 e. The molecule has 0 spiro atoms. The van der Waals surface area contributed by atoms with Crippen LogP contribution in [0.25, 0.3) is 90.9 Å². The molecular weight excluding hydrogens is 653 g/mol. The van der Waals surface area contributed by atoms with E-state index < -0.39 is 0 Å². The molecule has 7 heteroatoms. The van der Waals surface area contributed by atoms with Crippen molar-refractivity contribution in [1.29, 1.82) is 0 Å². The van der Waals surface area contributed by atoms with Gasteiger partial charge in [-0.15, -0.1) is 0 Å². The molecule has 3 aromatic heterocycles. The molecule has 7 nitrogen and oxygen atoms in total. The molecule has 1 amide bonds. The number of nitrogens with two attached hydrogens (primary N) is 1. The molecule has 9 rings (SSSR count). The minimum atomic E-state index is -0.246. The molecule has 0 aliphatic carbocycles. The highest BCUT2D eigenvalue weighted by Crippen LogP contribution is 2.38. The lowest BCUT2D eigenvalue weighted by atomic mass is 10.0. The maximum atomic E-state index is 12.0. The van der Waals surface area contributed by atoms with E-state index in [9.17, 15) is 4.79 Å². The third-order valence-electron chi connectivity index (χ3n) is 9.58. The number of anilines is 1. The number of nitrogens with zero attached hydrogens (tertiary/aromatic N) is 2. The van der Waals surface area contributed by atoms with Gasteiger partial charge in [0.1, 0.15) is 0 Å². The van der Waals surface area contributed by atoms with E-state index in [2.05, 4.69) is 137 Å². The molecule has 5 N–H and O–H groups in total. The zero-order chi connectivity index (χ0) is 35.7. The average Bonchev–Trinajstić information content (AvgIpc) is 4.05. The van der Waals surface area contributed by atoms with Crippen molar-refractivity contribution in [3.63, 3.8) is 0 Å². The largest absolute Gasteiger partial charge is 0.354 e. The van der Waals surface area contributed by atoms with Gasteiger partial charge in [0.15, 0.2) is 0 Å². The summed E-state index contributed by atoms with van der Waals surface area (Å²) in [4.78, 5) is 30.3. The van der Waals surface area contributed by atoms with Crippen molar-refractivity contribution in [3.8, 4) is 44.5 Å². The summed E-state index contributed by atoms with van der Waals surface area (Å²) in [6.07, 6.45) is 8.38. The van der Waals surface area contributed by atoms with Gasteiger partial charge in [-0.05, 0) is 83.0 Å². The number of rotatable bonds is 6. The van der Waals surface area contributed by atoms with Crippen molar-refractivity contribution >= 4 is 58.0 Å². The predicted octanol–water partition coefficient (Wildman–Crippen LogP) is 10.2. The van der Waals surface area contributed by atoms with E-state index in [0.29, 0.717) is 5.69 Å². The van der Waals surface area contributed by atoms with Gasteiger partial charge in [-0.1, -0.05) is 103 Å². The Kier molecular flexibility index (Phi) is 8.15. The third kappa shape index (κ3) is 6.05. The Hall–Kier alpha value is -7.09. The molecule has 5 heterocycles. The Morgan fingerprint density at radius 1 is 0.453 bits per heavy atom. The fourth-order valence-corrected chi connectivity index (χ4v) is 7.17. The summed E-state index contributed by atoms with van der Waals surface area (Å²) in [7, 11) is 0. The van der Waals surface area contributed by atoms with E-state index in [1.165, 1.54) is 0 Å². The lowest BCUT2D eigenvalue weighted by molar-refractivity contribution is -0.114. The molecular formula is C46H34N6O. The highest BCUT2D eigenvalue weighted by atomic mass is 16.1. The summed E-state index contributed by atoms with van der Waals surface area (Å²) < 4.78 is 0. The molecule has 2 aliphatic heterocycles. The van der Waals surface area contributed by atoms with Crippen LogP contribution in [0.15, 0.2) is 140 Å². The first kappa shape index (κ1) is 31.9. The van der Waals surface area contributed by atoms with Crippen LogP contribution in [-0.2, 0) is 4.79 Å². The second-order valence-electron chi connectivity index (χ2n) is 12.9. The van der Waals surface area contributed by atoms with Crippen LogP contribution in [0.1, 0.15) is 22.8 Å². The van der Waals surface area contributed by atoms with Gasteiger partial charge >= 0.3 is 0 Å². The lowest BCUT2D eigenvalue weighted by Crippen LogP contribution is -2.21. The Bertz CT molecular complexity index is 2690. The molecule has 2 aliphatic rings. The second-order valence-corrected chi connectivity index (χ2v) is 12.9. The van der Waals surface area contributed by atoms with Crippen LogP contribution in [0, 0.1) is 0 Å². The van der Waals surface area contributed by atoms with E-state index in [-0.39, 0.29) is 12.5 Å². The van der Waals surface area contributed by atoms with Crippen molar-refractivity contribution in [2.24, 2.45) is 5.73 Å². The van der Waals surface area contributed by atoms with Crippen LogP contribution >= 0.6 is 0 Å². The van der Waals surface area contributed by atoms with Gasteiger partial charge in [-0.3, -0.25) is 4.79 Å². The van der Waals surface area contributed by atoms with Gasteiger partial charge in [-0.25, -0.2) is 9.97 Å². The van der Waals surface area contributed by atoms with Crippen LogP contribution in [0.4, 0.5) is 5.69 Å². The van der Waals surface area contributed by atoms with Crippen molar-refractivity contribution in [1.82, 2.24) is 19.9 Å². The number of H-pyrrole nitrogens is 2. The van der Waals surface area contributed by atoms with Crippen molar-refractivity contribution in [2.45, 2.75) is 0 Å². The molecule has 0 atom stereocenters. The average molecular weight is 687 g/mol. The second kappa shape index (κ2) is 13.6. The first-order chi connectivity index (χ1) is 26.1. The molecule has 53 heavy (non-hydrogen) atoms. The molecule has 0 saturated carbocycles.